The van der Waals surface area contributed by atoms with Gasteiger partial charge < -0.3 is 10.4 Å². The summed E-state index contributed by atoms with van der Waals surface area (Å²) in [6.07, 6.45) is 1.65. The summed E-state index contributed by atoms with van der Waals surface area (Å²) in [7, 11) is 0. The standard InChI is InChI=1S/C22H27N3O/c1-17(21-4-2-3-20(13-21)14-23)24-15-18-5-7-19(8-6-18)16-25-11-9-22(26)10-12-25/h2-8,13,17,22,24,26H,9-12,15-16H2,1H3. The highest BCUT2D eigenvalue weighted by Crippen LogP contribution is 2.16. The van der Waals surface area contributed by atoms with E-state index >= 15 is 0 Å². The van der Waals surface area contributed by atoms with E-state index in [4.69, 9.17) is 5.26 Å². The molecule has 3 rings (SSSR count). The summed E-state index contributed by atoms with van der Waals surface area (Å²) in [6, 6.07) is 18.9. The van der Waals surface area contributed by atoms with Gasteiger partial charge in [-0.15, -0.1) is 0 Å². The summed E-state index contributed by atoms with van der Waals surface area (Å²) in [5, 5.41) is 22.1. The van der Waals surface area contributed by atoms with Gasteiger partial charge in [-0.2, -0.15) is 5.26 Å². The lowest BCUT2D eigenvalue weighted by Gasteiger charge is -2.29. The number of aliphatic hydroxyl groups is 1. The molecule has 0 saturated carbocycles. The average molecular weight is 349 g/mol. The number of benzene rings is 2. The summed E-state index contributed by atoms with van der Waals surface area (Å²) in [5.74, 6) is 0. The highest BCUT2D eigenvalue weighted by Gasteiger charge is 2.16. The Morgan fingerprint density at radius 1 is 1.15 bits per heavy atom. The van der Waals surface area contributed by atoms with Gasteiger partial charge in [-0.1, -0.05) is 36.4 Å². The van der Waals surface area contributed by atoms with Crippen molar-refractivity contribution < 1.29 is 5.11 Å². The van der Waals surface area contributed by atoms with Gasteiger partial charge in [-0.05, 0) is 48.6 Å². The molecule has 0 radical (unpaired) electrons. The SMILES string of the molecule is CC(NCc1ccc(CN2CCC(O)CC2)cc1)c1cccc(C#N)c1. The maximum absolute atomic E-state index is 9.60. The molecule has 1 unspecified atom stereocenters. The molecule has 1 aliphatic heterocycles. The van der Waals surface area contributed by atoms with Crippen molar-refractivity contribution in [3.63, 3.8) is 0 Å². The van der Waals surface area contributed by atoms with Gasteiger partial charge in [0.05, 0.1) is 17.7 Å². The largest absolute Gasteiger partial charge is 0.393 e. The number of hydrogen-bond donors (Lipinski definition) is 2. The van der Waals surface area contributed by atoms with Crippen LogP contribution in [0.1, 0.15) is 48.1 Å². The first-order chi connectivity index (χ1) is 12.6. The van der Waals surface area contributed by atoms with Crippen LogP contribution in [-0.2, 0) is 13.1 Å². The van der Waals surface area contributed by atoms with Crippen LogP contribution in [0.25, 0.3) is 0 Å². The molecule has 2 N–H and O–H groups in total. The monoisotopic (exact) mass is 349 g/mol. The summed E-state index contributed by atoms with van der Waals surface area (Å²) in [4.78, 5) is 2.41. The van der Waals surface area contributed by atoms with Gasteiger partial charge >= 0.3 is 0 Å². The predicted octanol–water partition coefficient (Wildman–Crippen LogP) is 3.37. The molecule has 4 nitrogen and oxygen atoms in total. The summed E-state index contributed by atoms with van der Waals surface area (Å²) in [5.41, 5.74) is 4.41. The van der Waals surface area contributed by atoms with Crippen molar-refractivity contribution in [2.45, 2.75) is 45.0 Å². The van der Waals surface area contributed by atoms with Gasteiger partial charge in [0.2, 0.25) is 0 Å². The second-order valence-corrected chi connectivity index (χ2v) is 7.16. The average Bonchev–Trinajstić information content (AvgIpc) is 2.69. The Kier molecular flexibility index (Phi) is 6.40. The maximum Gasteiger partial charge on any atom is 0.0991 e. The molecule has 0 spiro atoms. The Morgan fingerprint density at radius 3 is 2.54 bits per heavy atom. The Bertz CT molecular complexity index is 743. The maximum atomic E-state index is 9.60. The van der Waals surface area contributed by atoms with Gasteiger partial charge in [0.1, 0.15) is 0 Å². The Balaban J connectivity index is 1.50. The van der Waals surface area contributed by atoms with Gasteiger partial charge in [0, 0.05) is 32.2 Å². The molecule has 2 aromatic carbocycles. The van der Waals surface area contributed by atoms with Crippen molar-refractivity contribution in [3.05, 3.63) is 70.8 Å². The van der Waals surface area contributed by atoms with E-state index in [1.54, 1.807) is 0 Å². The van der Waals surface area contributed by atoms with E-state index in [9.17, 15) is 5.11 Å². The predicted molar refractivity (Wildman–Crippen MR) is 103 cm³/mol. The third-order valence-corrected chi connectivity index (χ3v) is 5.11. The van der Waals surface area contributed by atoms with Crippen LogP contribution in [0.2, 0.25) is 0 Å². The van der Waals surface area contributed by atoms with E-state index < -0.39 is 0 Å². The van der Waals surface area contributed by atoms with Crippen molar-refractivity contribution in [2.24, 2.45) is 0 Å². The van der Waals surface area contributed by atoms with Crippen LogP contribution in [0.3, 0.4) is 0 Å². The van der Waals surface area contributed by atoms with E-state index in [0.29, 0.717) is 5.56 Å². The number of nitrogens with one attached hydrogen (secondary N) is 1. The molecule has 0 aliphatic carbocycles. The number of rotatable bonds is 6. The highest BCUT2D eigenvalue weighted by molar-refractivity contribution is 5.34. The highest BCUT2D eigenvalue weighted by atomic mass is 16.3. The Hall–Kier alpha value is -2.19. The minimum atomic E-state index is -0.115. The fraction of sp³-hybridized carbons (Fsp3) is 0.409. The fourth-order valence-electron chi connectivity index (χ4n) is 3.36. The zero-order valence-electron chi connectivity index (χ0n) is 15.4. The number of nitrogens with zero attached hydrogens (tertiary/aromatic N) is 2. The van der Waals surface area contributed by atoms with Crippen LogP contribution < -0.4 is 5.32 Å². The summed E-state index contributed by atoms with van der Waals surface area (Å²) >= 11 is 0. The molecular weight excluding hydrogens is 322 g/mol. The first-order valence-electron chi connectivity index (χ1n) is 9.36. The van der Waals surface area contributed by atoms with Crippen molar-refractivity contribution in [2.75, 3.05) is 13.1 Å². The minimum Gasteiger partial charge on any atom is -0.393 e. The van der Waals surface area contributed by atoms with Crippen molar-refractivity contribution >= 4 is 0 Å². The quantitative estimate of drug-likeness (QED) is 0.839. The molecule has 4 heteroatoms. The number of hydrogen-bond acceptors (Lipinski definition) is 4. The molecule has 26 heavy (non-hydrogen) atoms. The number of piperidine rings is 1. The van der Waals surface area contributed by atoms with Gasteiger partial charge in [-0.3, -0.25) is 4.90 Å². The molecule has 136 valence electrons. The van der Waals surface area contributed by atoms with Crippen molar-refractivity contribution in [3.8, 4) is 6.07 Å². The molecule has 1 fully saturated rings. The fourth-order valence-corrected chi connectivity index (χ4v) is 3.36. The molecule has 1 aliphatic rings. The van der Waals surface area contributed by atoms with Gasteiger partial charge in [0.15, 0.2) is 0 Å². The van der Waals surface area contributed by atoms with E-state index in [0.717, 1.165) is 44.6 Å². The number of nitriles is 1. The topological polar surface area (TPSA) is 59.3 Å². The molecule has 0 aromatic heterocycles. The van der Waals surface area contributed by atoms with Crippen LogP contribution in [0.4, 0.5) is 0 Å². The first-order valence-corrected chi connectivity index (χ1v) is 9.36. The van der Waals surface area contributed by atoms with E-state index in [1.807, 2.05) is 18.2 Å². The zero-order chi connectivity index (χ0) is 18.4. The lowest BCUT2D eigenvalue weighted by molar-refractivity contribution is 0.0792. The zero-order valence-corrected chi connectivity index (χ0v) is 15.4. The third kappa shape index (κ3) is 5.15. The van der Waals surface area contributed by atoms with Crippen LogP contribution in [0.5, 0.6) is 0 Å². The van der Waals surface area contributed by atoms with Crippen LogP contribution >= 0.6 is 0 Å². The van der Waals surface area contributed by atoms with Crippen LogP contribution in [-0.4, -0.2) is 29.2 Å². The first kappa shape index (κ1) is 18.6. The van der Waals surface area contributed by atoms with E-state index in [1.165, 1.54) is 11.1 Å². The summed E-state index contributed by atoms with van der Waals surface area (Å²) in [6.45, 7) is 5.83. The molecule has 1 atom stereocenters. The molecule has 1 saturated heterocycles. The lowest BCUT2D eigenvalue weighted by atomic mass is 10.0. The molecular formula is C22H27N3O. The minimum absolute atomic E-state index is 0.115. The van der Waals surface area contributed by atoms with Crippen molar-refractivity contribution in [1.29, 1.82) is 5.26 Å². The van der Waals surface area contributed by atoms with Gasteiger partial charge in [0.25, 0.3) is 0 Å². The molecule has 1 heterocycles. The Labute approximate surface area is 156 Å². The summed E-state index contributed by atoms with van der Waals surface area (Å²) < 4.78 is 0. The number of likely N-dealkylation sites (tertiary alicyclic amines) is 1. The molecule has 0 amide bonds. The van der Waals surface area contributed by atoms with Crippen molar-refractivity contribution in [1.82, 2.24) is 10.2 Å². The smallest absolute Gasteiger partial charge is 0.0991 e. The van der Waals surface area contributed by atoms with Crippen LogP contribution in [0.15, 0.2) is 48.5 Å². The second kappa shape index (κ2) is 8.95. The van der Waals surface area contributed by atoms with E-state index in [2.05, 4.69) is 53.5 Å². The number of aliphatic hydroxyl groups excluding tert-OH is 1. The molecule has 2 aromatic rings. The molecule has 0 bridgehead atoms. The van der Waals surface area contributed by atoms with Gasteiger partial charge in [-0.25, -0.2) is 0 Å². The Morgan fingerprint density at radius 2 is 1.85 bits per heavy atom. The second-order valence-electron chi connectivity index (χ2n) is 7.16. The lowest BCUT2D eigenvalue weighted by Crippen LogP contribution is -2.35. The van der Waals surface area contributed by atoms with Crippen LogP contribution in [0, 0.1) is 11.3 Å². The van der Waals surface area contributed by atoms with E-state index in [-0.39, 0.29) is 12.1 Å². The third-order valence-electron chi connectivity index (χ3n) is 5.11. The normalized spacial score (nSPS) is 17.0.